The zero-order valence-corrected chi connectivity index (χ0v) is 15.5. The molecule has 0 saturated carbocycles. The van der Waals surface area contributed by atoms with E-state index in [1.54, 1.807) is 13.8 Å². The number of esters is 2. The van der Waals surface area contributed by atoms with Gasteiger partial charge in [0.15, 0.2) is 5.78 Å². The highest BCUT2D eigenvalue weighted by Gasteiger charge is 2.46. The lowest BCUT2D eigenvalue weighted by molar-refractivity contribution is -0.156. The lowest BCUT2D eigenvalue weighted by Crippen LogP contribution is -2.40. The molecule has 142 valence electrons. The summed E-state index contributed by atoms with van der Waals surface area (Å²) in [6.07, 6.45) is 2.26. The summed E-state index contributed by atoms with van der Waals surface area (Å²) in [5.74, 6) is -3.21. The summed E-state index contributed by atoms with van der Waals surface area (Å²) < 4.78 is 10.2. The van der Waals surface area contributed by atoms with Crippen molar-refractivity contribution in [1.82, 2.24) is 0 Å². The maximum atomic E-state index is 13.0. The van der Waals surface area contributed by atoms with Gasteiger partial charge in [-0.2, -0.15) is 0 Å². The Morgan fingerprint density at radius 1 is 1.04 bits per heavy atom. The highest BCUT2D eigenvalue weighted by molar-refractivity contribution is 6.08. The summed E-state index contributed by atoms with van der Waals surface area (Å²) in [7, 11) is 0. The van der Waals surface area contributed by atoms with Crippen molar-refractivity contribution in [3.05, 3.63) is 47.2 Å². The maximum absolute atomic E-state index is 13.0. The molecule has 3 atom stereocenters. The predicted octanol–water partition coefficient (Wildman–Crippen LogP) is 2.83. The minimum atomic E-state index is -0.985. The molecule has 1 heterocycles. The van der Waals surface area contributed by atoms with Gasteiger partial charge >= 0.3 is 11.9 Å². The number of allylic oxidation sites excluding steroid dienone is 1. The first-order valence-electron chi connectivity index (χ1n) is 9.25. The summed E-state index contributed by atoms with van der Waals surface area (Å²) in [4.78, 5) is 42.3. The topological polar surface area (TPSA) is 82.0 Å². The third-order valence-electron chi connectivity index (χ3n) is 4.91. The van der Waals surface area contributed by atoms with Gasteiger partial charge in [0.2, 0.25) is 0 Å². The smallest absolute Gasteiger partial charge is 0.315 e. The SMILES string of the molecule is CCOC(=O)C1C=NC2=C(C(=O)C[C@@H](c3ccccc3)C2)[C@H]1C(=O)OCC. The van der Waals surface area contributed by atoms with Crippen LogP contribution in [0.15, 0.2) is 46.6 Å². The Kier molecular flexibility index (Phi) is 5.84. The van der Waals surface area contributed by atoms with Gasteiger partial charge < -0.3 is 9.47 Å². The van der Waals surface area contributed by atoms with Crippen LogP contribution in [0.3, 0.4) is 0 Å². The number of hydrogen-bond donors (Lipinski definition) is 0. The van der Waals surface area contributed by atoms with E-state index < -0.39 is 23.8 Å². The minimum Gasteiger partial charge on any atom is -0.465 e. The van der Waals surface area contributed by atoms with Gasteiger partial charge in [-0.3, -0.25) is 19.4 Å². The predicted molar refractivity (Wildman–Crippen MR) is 99.2 cm³/mol. The van der Waals surface area contributed by atoms with E-state index in [1.165, 1.54) is 6.21 Å². The van der Waals surface area contributed by atoms with Gasteiger partial charge in [0.25, 0.3) is 0 Å². The van der Waals surface area contributed by atoms with Gasteiger partial charge in [-0.05, 0) is 31.7 Å². The highest BCUT2D eigenvalue weighted by Crippen LogP contribution is 2.41. The number of carbonyl (C=O) groups excluding carboxylic acids is 3. The molecule has 0 aromatic heterocycles. The Balaban J connectivity index is 1.96. The first-order valence-corrected chi connectivity index (χ1v) is 9.25. The van der Waals surface area contributed by atoms with Crippen LogP contribution in [0, 0.1) is 11.8 Å². The average Bonchev–Trinajstić information content (AvgIpc) is 2.68. The van der Waals surface area contributed by atoms with Gasteiger partial charge in [-0.25, -0.2) is 0 Å². The number of ketones is 1. The number of carbonyl (C=O) groups is 3. The van der Waals surface area contributed by atoms with Crippen LogP contribution in [0.1, 0.15) is 38.2 Å². The molecule has 27 heavy (non-hydrogen) atoms. The average molecular weight is 369 g/mol. The normalized spacial score (nSPS) is 24.4. The summed E-state index contributed by atoms with van der Waals surface area (Å²) in [6.45, 7) is 3.75. The molecular formula is C21H23NO5. The number of aliphatic imine (C=N–C) groups is 1. The van der Waals surface area contributed by atoms with Crippen molar-refractivity contribution in [2.75, 3.05) is 13.2 Å². The van der Waals surface area contributed by atoms with E-state index >= 15 is 0 Å². The van der Waals surface area contributed by atoms with Crippen molar-refractivity contribution in [3.63, 3.8) is 0 Å². The number of rotatable bonds is 5. The number of benzene rings is 1. The molecule has 0 saturated heterocycles. The van der Waals surface area contributed by atoms with E-state index in [2.05, 4.69) is 4.99 Å². The first kappa shape index (κ1) is 19.0. The van der Waals surface area contributed by atoms with Crippen LogP contribution in [-0.4, -0.2) is 37.2 Å². The standard InChI is InChI=1S/C21H23NO5/c1-3-26-20(24)15-12-22-16-10-14(13-8-6-5-7-9-13)11-17(23)19(16)18(15)21(25)27-4-2/h5-9,12,14-15,18H,3-4,10-11H2,1-2H3/t14-,15?,18-/m0/s1. The molecule has 1 aliphatic heterocycles. The second-order valence-corrected chi connectivity index (χ2v) is 6.59. The van der Waals surface area contributed by atoms with E-state index in [-0.39, 0.29) is 31.3 Å². The van der Waals surface area contributed by atoms with Gasteiger partial charge in [0.05, 0.1) is 13.2 Å². The molecule has 2 aliphatic rings. The minimum absolute atomic E-state index is 0.0107. The Morgan fingerprint density at radius 3 is 2.37 bits per heavy atom. The molecule has 6 heteroatoms. The molecule has 0 spiro atoms. The third-order valence-corrected chi connectivity index (χ3v) is 4.91. The van der Waals surface area contributed by atoms with E-state index in [0.717, 1.165) is 5.56 Å². The zero-order chi connectivity index (χ0) is 19.4. The van der Waals surface area contributed by atoms with E-state index in [9.17, 15) is 14.4 Å². The number of hydrogen-bond acceptors (Lipinski definition) is 6. The van der Waals surface area contributed by atoms with Crippen LogP contribution in [0.4, 0.5) is 0 Å². The lowest BCUT2D eigenvalue weighted by Gasteiger charge is -2.32. The fraction of sp³-hybridized carbons (Fsp3) is 0.429. The largest absolute Gasteiger partial charge is 0.465 e. The number of Topliss-reactive ketones (excluding diaryl/α,β-unsaturated/α-hetero) is 1. The van der Waals surface area contributed by atoms with Crippen LogP contribution in [0.5, 0.6) is 0 Å². The molecule has 0 amide bonds. The molecule has 0 fully saturated rings. The Hall–Kier alpha value is -2.76. The molecule has 1 aromatic rings. The fourth-order valence-electron chi connectivity index (χ4n) is 3.71. The van der Waals surface area contributed by atoms with Crippen molar-refractivity contribution < 1.29 is 23.9 Å². The van der Waals surface area contributed by atoms with E-state index in [0.29, 0.717) is 17.7 Å². The Labute approximate surface area is 158 Å². The second-order valence-electron chi connectivity index (χ2n) is 6.59. The van der Waals surface area contributed by atoms with Crippen molar-refractivity contribution in [3.8, 4) is 0 Å². The Bertz CT molecular complexity index is 796. The molecule has 1 unspecified atom stereocenters. The highest BCUT2D eigenvalue weighted by atomic mass is 16.5. The van der Waals surface area contributed by atoms with Gasteiger partial charge in [-0.15, -0.1) is 0 Å². The molecule has 3 rings (SSSR count). The lowest BCUT2D eigenvalue weighted by atomic mass is 9.73. The van der Waals surface area contributed by atoms with Crippen molar-refractivity contribution >= 4 is 23.9 Å². The van der Waals surface area contributed by atoms with Gasteiger partial charge in [0, 0.05) is 23.9 Å². The van der Waals surface area contributed by atoms with Crippen LogP contribution >= 0.6 is 0 Å². The molecule has 6 nitrogen and oxygen atoms in total. The fourth-order valence-corrected chi connectivity index (χ4v) is 3.71. The molecule has 1 aromatic carbocycles. The molecule has 0 radical (unpaired) electrons. The zero-order valence-electron chi connectivity index (χ0n) is 15.5. The third kappa shape index (κ3) is 3.84. The van der Waals surface area contributed by atoms with E-state index in [4.69, 9.17) is 9.47 Å². The van der Waals surface area contributed by atoms with Crippen LogP contribution in [0.2, 0.25) is 0 Å². The maximum Gasteiger partial charge on any atom is 0.315 e. The summed E-state index contributed by atoms with van der Waals surface area (Å²) in [5.41, 5.74) is 1.94. The van der Waals surface area contributed by atoms with Gasteiger partial charge in [-0.1, -0.05) is 30.3 Å². The Morgan fingerprint density at radius 2 is 1.70 bits per heavy atom. The van der Waals surface area contributed by atoms with Crippen molar-refractivity contribution in [2.24, 2.45) is 16.8 Å². The molecule has 0 N–H and O–H groups in total. The number of nitrogens with zero attached hydrogens (tertiary/aromatic N) is 1. The molecule has 0 bridgehead atoms. The number of ether oxygens (including phenoxy) is 2. The monoisotopic (exact) mass is 369 g/mol. The summed E-state index contributed by atoms with van der Waals surface area (Å²) in [6, 6.07) is 9.77. The van der Waals surface area contributed by atoms with Crippen LogP contribution in [-0.2, 0) is 23.9 Å². The first-order chi connectivity index (χ1) is 13.1. The van der Waals surface area contributed by atoms with Crippen LogP contribution < -0.4 is 0 Å². The second kappa shape index (κ2) is 8.29. The summed E-state index contributed by atoms with van der Waals surface area (Å²) in [5, 5.41) is 0. The quantitative estimate of drug-likeness (QED) is 0.746. The van der Waals surface area contributed by atoms with E-state index in [1.807, 2.05) is 30.3 Å². The van der Waals surface area contributed by atoms with Gasteiger partial charge in [0.1, 0.15) is 11.8 Å². The van der Waals surface area contributed by atoms with Crippen LogP contribution in [0.25, 0.3) is 0 Å². The molecule has 1 aliphatic carbocycles. The summed E-state index contributed by atoms with van der Waals surface area (Å²) >= 11 is 0. The van der Waals surface area contributed by atoms with Crippen molar-refractivity contribution in [2.45, 2.75) is 32.6 Å². The van der Waals surface area contributed by atoms with Crippen molar-refractivity contribution in [1.29, 1.82) is 0 Å². The molecular weight excluding hydrogens is 346 g/mol.